The number of aromatic nitrogens is 3. The average molecular weight is 389 g/mol. The topological polar surface area (TPSA) is 75.3 Å². The molecule has 0 amide bonds. The second-order valence-corrected chi connectivity index (χ2v) is 6.29. The normalized spacial score (nSPS) is 10.8. The summed E-state index contributed by atoms with van der Waals surface area (Å²) in [7, 11) is 1.30. The Kier molecular flexibility index (Phi) is 4.87. The first-order chi connectivity index (χ1) is 14.1. The standard InChI is InChI=1S/C22H19N3O4/c1-3-29-19-12-8-7-11-18(19)24-13-16-20(17(14-24)22(27)28-2)23-25(21(16)26)15-9-5-4-6-10-15/h4-14H,3H2,1-2H3. The lowest BCUT2D eigenvalue weighted by molar-refractivity contribution is 0.0600. The number of nitrogens with zero attached hydrogens (tertiary/aromatic N) is 3. The van der Waals surface area contributed by atoms with Crippen molar-refractivity contribution in [3.8, 4) is 28.4 Å². The van der Waals surface area contributed by atoms with Crippen LogP contribution in [0.5, 0.6) is 5.75 Å². The number of hydrogen-bond donors (Lipinski definition) is 0. The van der Waals surface area contributed by atoms with Gasteiger partial charge in [-0.3, -0.25) is 4.79 Å². The minimum absolute atomic E-state index is 0.197. The van der Waals surface area contributed by atoms with Gasteiger partial charge in [0.15, 0.2) is 0 Å². The van der Waals surface area contributed by atoms with Gasteiger partial charge in [0.25, 0.3) is 5.56 Å². The minimum atomic E-state index is -0.573. The Hall–Kier alpha value is -3.87. The summed E-state index contributed by atoms with van der Waals surface area (Å²) in [4.78, 5) is 25.6. The summed E-state index contributed by atoms with van der Waals surface area (Å²) in [6.45, 7) is 2.38. The van der Waals surface area contributed by atoms with E-state index in [9.17, 15) is 9.59 Å². The molecule has 7 nitrogen and oxygen atoms in total. The van der Waals surface area contributed by atoms with Crippen LogP contribution in [0.25, 0.3) is 22.6 Å². The Bertz CT molecular complexity index is 1190. The molecule has 0 fully saturated rings. The Labute approximate surface area is 167 Å². The summed E-state index contributed by atoms with van der Waals surface area (Å²) < 4.78 is 13.6. The zero-order valence-corrected chi connectivity index (χ0v) is 16.0. The molecule has 0 N–H and O–H groups in total. The van der Waals surface area contributed by atoms with Crippen LogP contribution in [0, 0.1) is 0 Å². The largest absolute Gasteiger partial charge is 0.492 e. The van der Waals surface area contributed by atoms with Gasteiger partial charge in [0, 0.05) is 12.4 Å². The van der Waals surface area contributed by atoms with E-state index in [1.807, 2.05) is 49.4 Å². The molecule has 2 aromatic rings. The molecule has 0 aromatic heterocycles. The van der Waals surface area contributed by atoms with Crippen LogP contribution in [-0.4, -0.2) is 34.0 Å². The monoisotopic (exact) mass is 389 g/mol. The average Bonchev–Trinajstić information content (AvgIpc) is 3.10. The molecule has 146 valence electrons. The molecule has 0 radical (unpaired) electrons. The van der Waals surface area contributed by atoms with E-state index in [-0.39, 0.29) is 16.8 Å². The van der Waals surface area contributed by atoms with Crippen LogP contribution in [0.4, 0.5) is 0 Å². The van der Waals surface area contributed by atoms with E-state index in [2.05, 4.69) is 5.10 Å². The number of carbonyl (C=O) groups is 1. The molecule has 2 aromatic carbocycles. The lowest BCUT2D eigenvalue weighted by Crippen LogP contribution is -2.15. The highest BCUT2D eigenvalue weighted by molar-refractivity contribution is 5.96. The third kappa shape index (κ3) is 3.27. The van der Waals surface area contributed by atoms with E-state index in [0.717, 1.165) is 0 Å². The third-order valence-corrected chi connectivity index (χ3v) is 4.52. The van der Waals surface area contributed by atoms with E-state index in [4.69, 9.17) is 9.47 Å². The van der Waals surface area contributed by atoms with Gasteiger partial charge in [-0.05, 0) is 31.2 Å². The highest BCUT2D eigenvalue weighted by Gasteiger charge is 2.25. The van der Waals surface area contributed by atoms with Crippen molar-refractivity contribution >= 4 is 5.97 Å². The van der Waals surface area contributed by atoms with E-state index < -0.39 is 5.97 Å². The van der Waals surface area contributed by atoms with Crippen LogP contribution in [0.15, 0.2) is 71.8 Å². The second-order valence-electron chi connectivity index (χ2n) is 6.29. The Morgan fingerprint density at radius 3 is 2.48 bits per heavy atom. The fraction of sp³-hybridized carbons (Fsp3) is 0.136. The number of ether oxygens (including phenoxy) is 2. The van der Waals surface area contributed by atoms with Crippen molar-refractivity contribution < 1.29 is 14.3 Å². The summed E-state index contributed by atoms with van der Waals surface area (Å²) in [6.07, 6.45) is 3.27. The molecular weight excluding hydrogens is 370 g/mol. The molecule has 0 spiro atoms. The number of fused-ring (bicyclic) bond motifs is 1. The van der Waals surface area contributed by atoms with Crippen LogP contribution in [0.2, 0.25) is 0 Å². The molecule has 0 saturated carbocycles. The zero-order valence-electron chi connectivity index (χ0n) is 16.0. The number of methoxy groups -OCH3 is 1. The Morgan fingerprint density at radius 2 is 1.76 bits per heavy atom. The molecule has 4 rings (SSSR count). The van der Waals surface area contributed by atoms with Crippen LogP contribution >= 0.6 is 0 Å². The number of benzene rings is 2. The van der Waals surface area contributed by atoms with Gasteiger partial charge < -0.3 is 14.0 Å². The van der Waals surface area contributed by atoms with Gasteiger partial charge in [0.1, 0.15) is 17.0 Å². The number of esters is 1. The maximum atomic E-state index is 13.1. The molecule has 0 unspecified atom stereocenters. The Balaban J connectivity index is 2.00. The predicted molar refractivity (Wildman–Crippen MR) is 108 cm³/mol. The molecule has 2 aliphatic heterocycles. The maximum Gasteiger partial charge on any atom is 0.341 e. The molecule has 2 heterocycles. The van der Waals surface area contributed by atoms with Crippen LogP contribution in [0.1, 0.15) is 17.3 Å². The van der Waals surface area contributed by atoms with Crippen LogP contribution in [-0.2, 0) is 4.74 Å². The highest BCUT2D eigenvalue weighted by Crippen LogP contribution is 2.28. The first-order valence-corrected chi connectivity index (χ1v) is 9.15. The summed E-state index contributed by atoms with van der Waals surface area (Å²) in [5, 5.41) is 4.40. The van der Waals surface area contributed by atoms with Crippen molar-refractivity contribution in [2.75, 3.05) is 13.7 Å². The molecule has 0 bridgehead atoms. The zero-order chi connectivity index (χ0) is 20.4. The van der Waals surface area contributed by atoms with Crippen molar-refractivity contribution in [2.45, 2.75) is 6.92 Å². The molecule has 2 aliphatic rings. The van der Waals surface area contributed by atoms with Crippen LogP contribution < -0.4 is 10.3 Å². The SMILES string of the molecule is CCOc1ccccc1-n1cc(C(=O)OC)c2nn(-c3ccccc3)c(=O)c-2c1. The highest BCUT2D eigenvalue weighted by atomic mass is 16.5. The van der Waals surface area contributed by atoms with Gasteiger partial charge in [-0.25, -0.2) is 4.79 Å². The van der Waals surface area contributed by atoms with E-state index in [1.165, 1.54) is 11.8 Å². The number of hydrogen-bond acceptors (Lipinski definition) is 5. The van der Waals surface area contributed by atoms with Crippen LogP contribution in [0.3, 0.4) is 0 Å². The van der Waals surface area contributed by atoms with Crippen molar-refractivity contribution in [2.24, 2.45) is 0 Å². The molecule has 0 saturated heterocycles. The molecule has 0 atom stereocenters. The van der Waals surface area contributed by atoms with Gasteiger partial charge in [-0.15, -0.1) is 0 Å². The smallest absolute Gasteiger partial charge is 0.341 e. The van der Waals surface area contributed by atoms with Crippen molar-refractivity contribution in [3.63, 3.8) is 0 Å². The lowest BCUT2D eigenvalue weighted by Gasteiger charge is -2.15. The first kappa shape index (κ1) is 18.5. The summed E-state index contributed by atoms with van der Waals surface area (Å²) in [5.74, 6) is 0.0639. The quantitative estimate of drug-likeness (QED) is 0.490. The number of para-hydroxylation sites is 3. The summed E-state index contributed by atoms with van der Waals surface area (Å²) >= 11 is 0. The van der Waals surface area contributed by atoms with Crippen molar-refractivity contribution in [3.05, 3.63) is 82.9 Å². The van der Waals surface area contributed by atoms with Crippen molar-refractivity contribution in [1.29, 1.82) is 0 Å². The van der Waals surface area contributed by atoms with Crippen molar-refractivity contribution in [1.82, 2.24) is 14.3 Å². The molecular formula is C22H19N3O4. The second kappa shape index (κ2) is 7.63. The lowest BCUT2D eigenvalue weighted by atomic mass is 10.1. The number of rotatable bonds is 5. The Morgan fingerprint density at radius 1 is 1.03 bits per heavy atom. The van der Waals surface area contributed by atoms with Gasteiger partial charge >= 0.3 is 5.97 Å². The minimum Gasteiger partial charge on any atom is -0.492 e. The predicted octanol–water partition coefficient (Wildman–Crippen LogP) is 3.31. The summed E-state index contributed by atoms with van der Waals surface area (Å²) in [6, 6.07) is 16.5. The van der Waals surface area contributed by atoms with Gasteiger partial charge in [0.2, 0.25) is 0 Å². The number of carbonyl (C=O) groups excluding carboxylic acids is 1. The van der Waals surface area contributed by atoms with Gasteiger partial charge in [-0.2, -0.15) is 9.78 Å². The van der Waals surface area contributed by atoms with E-state index in [1.54, 1.807) is 29.1 Å². The number of pyridine rings is 1. The molecule has 7 heteroatoms. The fourth-order valence-electron chi connectivity index (χ4n) is 3.20. The first-order valence-electron chi connectivity index (χ1n) is 9.15. The summed E-state index contributed by atoms with van der Waals surface area (Å²) in [5.41, 5.74) is 1.79. The molecule has 29 heavy (non-hydrogen) atoms. The molecule has 0 aliphatic carbocycles. The fourth-order valence-corrected chi connectivity index (χ4v) is 3.20. The van der Waals surface area contributed by atoms with E-state index in [0.29, 0.717) is 29.3 Å². The van der Waals surface area contributed by atoms with Gasteiger partial charge in [-0.1, -0.05) is 30.3 Å². The third-order valence-electron chi connectivity index (χ3n) is 4.52. The van der Waals surface area contributed by atoms with E-state index >= 15 is 0 Å². The maximum absolute atomic E-state index is 13.1. The van der Waals surface area contributed by atoms with Gasteiger partial charge in [0.05, 0.1) is 30.7 Å².